The highest BCUT2D eigenvalue weighted by molar-refractivity contribution is 5.76. The summed E-state index contributed by atoms with van der Waals surface area (Å²) in [6.07, 6.45) is 27.0. The second-order valence-electron chi connectivity index (χ2n) is 9.47. The maximum atomic E-state index is 12.1. The number of hydrogen-bond donors (Lipinski definition) is 3. The topological polar surface area (TPSA) is 69.6 Å². The van der Waals surface area contributed by atoms with Crippen LogP contribution in [0.5, 0.6) is 0 Å². The van der Waals surface area contributed by atoms with Crippen molar-refractivity contribution in [3.63, 3.8) is 0 Å². The number of amides is 1. The lowest BCUT2D eigenvalue weighted by Crippen LogP contribution is -2.45. The summed E-state index contributed by atoms with van der Waals surface area (Å²) in [7, 11) is 0. The highest BCUT2D eigenvalue weighted by atomic mass is 16.3. The normalized spacial score (nSPS) is 13.5. The van der Waals surface area contributed by atoms with Crippen molar-refractivity contribution in [1.29, 1.82) is 0 Å². The minimum absolute atomic E-state index is 0.0699. The first-order valence-electron chi connectivity index (χ1n) is 13.9. The van der Waals surface area contributed by atoms with E-state index in [1.807, 2.05) is 6.08 Å². The van der Waals surface area contributed by atoms with E-state index in [9.17, 15) is 15.0 Å². The van der Waals surface area contributed by atoms with Crippen LogP contribution in [0, 0.1) is 0 Å². The number of aliphatic hydroxyl groups excluding tert-OH is 2. The fourth-order valence-electron chi connectivity index (χ4n) is 4.06. The van der Waals surface area contributed by atoms with E-state index in [2.05, 4.69) is 19.2 Å². The molecule has 3 N–H and O–H groups in total. The predicted octanol–water partition coefficient (Wildman–Crippen LogP) is 7.22. The van der Waals surface area contributed by atoms with E-state index in [0.717, 1.165) is 25.7 Å². The summed E-state index contributed by atoms with van der Waals surface area (Å²) in [5.74, 6) is -0.0699. The van der Waals surface area contributed by atoms with E-state index in [0.29, 0.717) is 6.42 Å². The monoisotopic (exact) mass is 453 g/mol. The Kier molecular flexibility index (Phi) is 24.1. The average molecular weight is 454 g/mol. The van der Waals surface area contributed by atoms with Crippen LogP contribution >= 0.6 is 0 Å². The summed E-state index contributed by atoms with van der Waals surface area (Å²) >= 11 is 0. The van der Waals surface area contributed by atoms with Crippen molar-refractivity contribution in [2.45, 2.75) is 154 Å². The van der Waals surface area contributed by atoms with Gasteiger partial charge in [0.2, 0.25) is 5.91 Å². The molecule has 2 atom stereocenters. The highest BCUT2D eigenvalue weighted by Gasteiger charge is 2.17. The van der Waals surface area contributed by atoms with Crippen LogP contribution in [0.4, 0.5) is 0 Å². The van der Waals surface area contributed by atoms with Crippen LogP contribution in [-0.4, -0.2) is 34.9 Å². The molecule has 0 aromatic rings. The van der Waals surface area contributed by atoms with E-state index >= 15 is 0 Å². The Labute approximate surface area is 199 Å². The van der Waals surface area contributed by atoms with E-state index in [1.54, 1.807) is 6.08 Å². The molecule has 0 heterocycles. The molecule has 0 saturated carbocycles. The van der Waals surface area contributed by atoms with Crippen molar-refractivity contribution in [3.8, 4) is 0 Å². The Morgan fingerprint density at radius 3 is 1.62 bits per heavy atom. The van der Waals surface area contributed by atoms with Gasteiger partial charge in [-0.15, -0.1) is 0 Å². The maximum absolute atomic E-state index is 12.1. The maximum Gasteiger partial charge on any atom is 0.220 e. The van der Waals surface area contributed by atoms with Crippen molar-refractivity contribution < 1.29 is 15.0 Å². The average Bonchev–Trinajstić information content (AvgIpc) is 2.79. The predicted molar refractivity (Wildman–Crippen MR) is 138 cm³/mol. The molecule has 4 heteroatoms. The third-order valence-corrected chi connectivity index (χ3v) is 6.27. The first-order valence-corrected chi connectivity index (χ1v) is 13.9. The zero-order valence-corrected chi connectivity index (χ0v) is 21.5. The van der Waals surface area contributed by atoms with Crippen LogP contribution in [0.3, 0.4) is 0 Å². The van der Waals surface area contributed by atoms with Crippen molar-refractivity contribution in [2.24, 2.45) is 0 Å². The summed E-state index contributed by atoms with van der Waals surface area (Å²) in [6.45, 7) is 4.24. The molecule has 1 amide bonds. The van der Waals surface area contributed by atoms with Crippen molar-refractivity contribution in [2.75, 3.05) is 6.61 Å². The smallest absolute Gasteiger partial charge is 0.220 e. The van der Waals surface area contributed by atoms with Gasteiger partial charge in [-0.2, -0.15) is 0 Å². The van der Waals surface area contributed by atoms with E-state index in [1.165, 1.54) is 96.3 Å². The molecule has 0 unspecified atom stereocenters. The molecule has 0 spiro atoms. The zero-order chi connectivity index (χ0) is 23.7. The van der Waals surface area contributed by atoms with Gasteiger partial charge < -0.3 is 15.5 Å². The van der Waals surface area contributed by atoms with Crippen LogP contribution in [-0.2, 0) is 4.79 Å². The molecule has 0 aliphatic carbocycles. The first kappa shape index (κ1) is 31.1. The summed E-state index contributed by atoms with van der Waals surface area (Å²) in [5.41, 5.74) is 0. The molecule has 0 fully saturated rings. The van der Waals surface area contributed by atoms with Crippen LogP contribution in [0.15, 0.2) is 12.2 Å². The molecular weight excluding hydrogens is 398 g/mol. The fraction of sp³-hybridized carbons (Fsp3) is 0.893. The number of aliphatic hydroxyl groups is 2. The third-order valence-electron chi connectivity index (χ3n) is 6.27. The third kappa shape index (κ3) is 21.0. The summed E-state index contributed by atoms with van der Waals surface area (Å²) < 4.78 is 0. The summed E-state index contributed by atoms with van der Waals surface area (Å²) in [5, 5.41) is 22.6. The van der Waals surface area contributed by atoms with Gasteiger partial charge in [0.1, 0.15) is 0 Å². The molecule has 0 aromatic heterocycles. The van der Waals surface area contributed by atoms with E-state index in [-0.39, 0.29) is 12.5 Å². The Morgan fingerprint density at radius 1 is 0.719 bits per heavy atom. The lowest BCUT2D eigenvalue weighted by molar-refractivity contribution is -0.123. The number of carbonyl (C=O) groups excluding carboxylic acids is 1. The summed E-state index contributed by atoms with van der Waals surface area (Å²) in [4.78, 5) is 12.1. The number of nitrogens with one attached hydrogen (secondary N) is 1. The molecule has 0 saturated heterocycles. The lowest BCUT2D eigenvalue weighted by atomic mass is 10.0. The molecule has 0 aliphatic heterocycles. The Balaban J connectivity index is 3.70. The Morgan fingerprint density at radius 2 is 1.16 bits per heavy atom. The number of allylic oxidation sites excluding steroid dienone is 1. The Bertz CT molecular complexity index is 425. The van der Waals surface area contributed by atoms with Gasteiger partial charge in [0.15, 0.2) is 0 Å². The molecule has 0 aromatic carbocycles. The number of unbranched alkanes of at least 4 members (excludes halogenated alkanes) is 17. The second-order valence-corrected chi connectivity index (χ2v) is 9.47. The van der Waals surface area contributed by atoms with Gasteiger partial charge >= 0.3 is 0 Å². The summed E-state index contributed by atoms with van der Waals surface area (Å²) in [6, 6.07) is -0.611. The quantitative estimate of drug-likeness (QED) is 0.107. The molecule has 0 rings (SSSR count). The van der Waals surface area contributed by atoms with Gasteiger partial charge in [-0.3, -0.25) is 4.79 Å². The first-order chi connectivity index (χ1) is 15.7. The molecule has 0 aliphatic rings. The minimum atomic E-state index is -0.828. The van der Waals surface area contributed by atoms with Crippen LogP contribution in [0.1, 0.15) is 142 Å². The van der Waals surface area contributed by atoms with E-state index in [4.69, 9.17) is 0 Å². The molecule has 0 bridgehead atoms. The molecule has 0 radical (unpaired) electrons. The molecule has 190 valence electrons. The van der Waals surface area contributed by atoms with Crippen molar-refractivity contribution in [3.05, 3.63) is 12.2 Å². The van der Waals surface area contributed by atoms with Gasteiger partial charge in [0.05, 0.1) is 18.8 Å². The van der Waals surface area contributed by atoms with Crippen LogP contribution < -0.4 is 5.32 Å². The number of carbonyl (C=O) groups is 1. The zero-order valence-electron chi connectivity index (χ0n) is 21.5. The van der Waals surface area contributed by atoms with Gasteiger partial charge in [0, 0.05) is 6.42 Å². The number of hydrogen-bond acceptors (Lipinski definition) is 3. The lowest BCUT2D eigenvalue weighted by Gasteiger charge is -2.20. The van der Waals surface area contributed by atoms with Gasteiger partial charge in [0.25, 0.3) is 0 Å². The highest BCUT2D eigenvalue weighted by Crippen LogP contribution is 2.12. The Hall–Kier alpha value is -0.870. The fourth-order valence-corrected chi connectivity index (χ4v) is 4.06. The standard InChI is InChI=1S/C28H55NO3/c1-3-5-7-9-11-13-14-16-18-20-22-24-28(32)29-26(25-30)27(31)23-21-19-17-15-12-10-8-6-4-2/h21,23,26-27,30-31H,3-20,22,24-25H2,1-2H3,(H,29,32)/t26-,27+/m0/s1. The second kappa shape index (κ2) is 24.8. The van der Waals surface area contributed by atoms with E-state index < -0.39 is 12.1 Å². The van der Waals surface area contributed by atoms with Crippen molar-refractivity contribution in [1.82, 2.24) is 5.32 Å². The van der Waals surface area contributed by atoms with Crippen LogP contribution in [0.2, 0.25) is 0 Å². The van der Waals surface area contributed by atoms with Gasteiger partial charge in [-0.1, -0.05) is 129 Å². The molecular formula is C28H55NO3. The van der Waals surface area contributed by atoms with Gasteiger partial charge in [-0.05, 0) is 19.3 Å². The van der Waals surface area contributed by atoms with Crippen LogP contribution in [0.25, 0.3) is 0 Å². The largest absolute Gasteiger partial charge is 0.394 e. The van der Waals surface area contributed by atoms with Gasteiger partial charge in [-0.25, -0.2) is 0 Å². The SMILES string of the molecule is CCCCCCCCCC=C[C@@H](O)[C@H](CO)NC(=O)CCCCCCCCCCCCC. The minimum Gasteiger partial charge on any atom is -0.394 e. The molecule has 32 heavy (non-hydrogen) atoms. The van der Waals surface area contributed by atoms with Crippen molar-refractivity contribution >= 4 is 5.91 Å². The number of rotatable bonds is 24. The molecule has 4 nitrogen and oxygen atoms in total.